The van der Waals surface area contributed by atoms with Gasteiger partial charge in [-0.25, -0.2) is 0 Å². The molecule has 0 bridgehead atoms. The third kappa shape index (κ3) is 1.21. The summed E-state index contributed by atoms with van der Waals surface area (Å²) in [6.07, 6.45) is 13.7. The van der Waals surface area contributed by atoms with Crippen LogP contribution in [0.3, 0.4) is 0 Å². The summed E-state index contributed by atoms with van der Waals surface area (Å²) in [6, 6.07) is 0. The number of hydrogen-bond acceptors (Lipinski definition) is 0. The standard InChI is InChI=1S/C10H16/c1-2-6-10-8-4-3-7-9(10)5-1/h9-10H,1-7H2/t9-,10?/m1/s1. The van der Waals surface area contributed by atoms with E-state index in [9.17, 15) is 0 Å². The molecule has 0 heterocycles. The molecule has 0 amide bonds. The Kier molecular flexibility index (Phi) is 1.97. The number of fused-ring (bicyclic) bond motifs is 1. The summed E-state index contributed by atoms with van der Waals surface area (Å²) in [4.78, 5) is 0. The van der Waals surface area contributed by atoms with Gasteiger partial charge in [-0.05, 0) is 31.1 Å². The molecule has 0 nitrogen and oxygen atoms in total. The van der Waals surface area contributed by atoms with Crippen molar-refractivity contribution in [1.82, 2.24) is 0 Å². The Balaban J connectivity index is 1.93. The van der Waals surface area contributed by atoms with Crippen LogP contribution in [0, 0.1) is 18.3 Å². The van der Waals surface area contributed by atoms with Crippen LogP contribution in [0.5, 0.6) is 0 Å². The zero-order valence-corrected chi connectivity index (χ0v) is 6.60. The first kappa shape index (κ1) is 6.69. The molecule has 0 spiro atoms. The zero-order chi connectivity index (χ0) is 6.81. The van der Waals surface area contributed by atoms with Crippen LogP contribution in [0.2, 0.25) is 0 Å². The van der Waals surface area contributed by atoms with E-state index in [4.69, 9.17) is 0 Å². The van der Waals surface area contributed by atoms with Crippen molar-refractivity contribution < 1.29 is 0 Å². The highest BCUT2D eigenvalue weighted by molar-refractivity contribution is 4.89. The van der Waals surface area contributed by atoms with E-state index in [1.807, 2.05) is 0 Å². The summed E-state index contributed by atoms with van der Waals surface area (Å²) in [5, 5.41) is 0. The summed E-state index contributed by atoms with van der Waals surface area (Å²) in [7, 11) is 0. The fourth-order valence-electron chi connectivity index (χ4n) is 2.47. The van der Waals surface area contributed by atoms with Crippen LogP contribution in [0.1, 0.15) is 44.9 Å². The molecule has 1 unspecified atom stereocenters. The molecule has 2 atom stereocenters. The van der Waals surface area contributed by atoms with Gasteiger partial charge in [0.1, 0.15) is 0 Å². The first-order chi connectivity index (χ1) is 4.97. The van der Waals surface area contributed by atoms with Crippen molar-refractivity contribution >= 4 is 0 Å². The SMILES string of the molecule is [C]1CCC[C@H]2CCCCC12. The Morgan fingerprint density at radius 2 is 1.70 bits per heavy atom. The lowest BCUT2D eigenvalue weighted by Crippen LogP contribution is -2.23. The van der Waals surface area contributed by atoms with E-state index < -0.39 is 0 Å². The third-order valence-corrected chi connectivity index (χ3v) is 3.07. The Morgan fingerprint density at radius 1 is 0.900 bits per heavy atom. The molecule has 56 valence electrons. The van der Waals surface area contributed by atoms with E-state index in [1.165, 1.54) is 44.9 Å². The second kappa shape index (κ2) is 2.94. The van der Waals surface area contributed by atoms with E-state index >= 15 is 0 Å². The first-order valence-electron chi connectivity index (χ1n) is 4.70. The maximum absolute atomic E-state index is 3.62. The van der Waals surface area contributed by atoms with Gasteiger partial charge in [0.2, 0.25) is 0 Å². The fraction of sp³-hybridized carbons (Fsp3) is 0.900. The highest BCUT2D eigenvalue weighted by Crippen LogP contribution is 2.39. The average molecular weight is 136 g/mol. The molecule has 2 aliphatic rings. The fourth-order valence-corrected chi connectivity index (χ4v) is 2.47. The van der Waals surface area contributed by atoms with E-state index in [-0.39, 0.29) is 0 Å². The van der Waals surface area contributed by atoms with Crippen molar-refractivity contribution in [2.45, 2.75) is 44.9 Å². The minimum atomic E-state index is 0.905. The molecule has 0 saturated heterocycles. The van der Waals surface area contributed by atoms with Crippen molar-refractivity contribution in [3.05, 3.63) is 6.42 Å². The molecule has 2 rings (SSSR count). The number of rotatable bonds is 0. The monoisotopic (exact) mass is 136 g/mol. The lowest BCUT2D eigenvalue weighted by molar-refractivity contribution is 0.218. The molecular formula is C10H16. The van der Waals surface area contributed by atoms with E-state index in [0.29, 0.717) is 0 Å². The Labute approximate surface area is 64.0 Å². The van der Waals surface area contributed by atoms with Crippen LogP contribution < -0.4 is 0 Å². The second-order valence-corrected chi connectivity index (χ2v) is 3.75. The van der Waals surface area contributed by atoms with Gasteiger partial charge in [-0.15, -0.1) is 0 Å². The van der Waals surface area contributed by atoms with Crippen LogP contribution in [-0.2, 0) is 0 Å². The molecule has 2 saturated carbocycles. The van der Waals surface area contributed by atoms with Crippen molar-refractivity contribution in [2.24, 2.45) is 11.8 Å². The molecule has 0 aromatic heterocycles. The van der Waals surface area contributed by atoms with E-state index in [1.54, 1.807) is 0 Å². The molecule has 0 N–H and O–H groups in total. The summed E-state index contributed by atoms with van der Waals surface area (Å²) >= 11 is 0. The maximum atomic E-state index is 3.62. The Morgan fingerprint density at radius 3 is 2.60 bits per heavy atom. The molecule has 0 aliphatic heterocycles. The normalized spacial score (nSPS) is 40.8. The van der Waals surface area contributed by atoms with Gasteiger partial charge < -0.3 is 0 Å². The predicted molar refractivity (Wildman–Crippen MR) is 42.5 cm³/mol. The molecule has 2 fully saturated rings. The Bertz CT molecular complexity index is 80.6. The minimum absolute atomic E-state index is 0.905. The molecule has 2 radical (unpaired) electrons. The van der Waals surface area contributed by atoms with Gasteiger partial charge >= 0.3 is 0 Å². The highest BCUT2D eigenvalue weighted by Gasteiger charge is 2.27. The summed E-state index contributed by atoms with van der Waals surface area (Å²) in [6.45, 7) is 0. The van der Waals surface area contributed by atoms with Gasteiger partial charge in [0.15, 0.2) is 0 Å². The summed E-state index contributed by atoms with van der Waals surface area (Å²) in [5.74, 6) is 1.95. The molecule has 0 heteroatoms. The van der Waals surface area contributed by atoms with Gasteiger partial charge in [-0.1, -0.05) is 32.1 Å². The largest absolute Gasteiger partial charge is 0.0530 e. The van der Waals surface area contributed by atoms with Crippen LogP contribution in [0.4, 0.5) is 0 Å². The van der Waals surface area contributed by atoms with Gasteiger partial charge in [0.05, 0.1) is 0 Å². The number of hydrogen-bond donors (Lipinski definition) is 0. The van der Waals surface area contributed by atoms with Gasteiger partial charge in [-0.2, -0.15) is 0 Å². The van der Waals surface area contributed by atoms with Crippen molar-refractivity contribution in [3.63, 3.8) is 0 Å². The molecule has 0 aromatic carbocycles. The predicted octanol–water partition coefficient (Wildman–Crippen LogP) is 3.06. The highest BCUT2D eigenvalue weighted by atomic mass is 14.3. The van der Waals surface area contributed by atoms with E-state index in [2.05, 4.69) is 6.42 Å². The second-order valence-electron chi connectivity index (χ2n) is 3.75. The first-order valence-corrected chi connectivity index (χ1v) is 4.70. The maximum Gasteiger partial charge on any atom is -0.0137 e. The van der Waals surface area contributed by atoms with Crippen LogP contribution >= 0.6 is 0 Å². The third-order valence-electron chi connectivity index (χ3n) is 3.07. The van der Waals surface area contributed by atoms with Crippen molar-refractivity contribution in [2.75, 3.05) is 0 Å². The topological polar surface area (TPSA) is 0 Å². The van der Waals surface area contributed by atoms with Crippen molar-refractivity contribution in [1.29, 1.82) is 0 Å². The molecular weight excluding hydrogens is 120 g/mol. The summed E-state index contributed by atoms with van der Waals surface area (Å²) < 4.78 is 0. The average Bonchev–Trinajstić information content (AvgIpc) is 2.05. The summed E-state index contributed by atoms with van der Waals surface area (Å²) in [5.41, 5.74) is 0. The van der Waals surface area contributed by atoms with E-state index in [0.717, 1.165) is 11.8 Å². The van der Waals surface area contributed by atoms with Gasteiger partial charge in [0, 0.05) is 0 Å². The van der Waals surface area contributed by atoms with Crippen LogP contribution in [0.15, 0.2) is 0 Å². The lowest BCUT2D eigenvalue weighted by atomic mass is 9.71. The smallest absolute Gasteiger partial charge is 0.0137 e. The minimum Gasteiger partial charge on any atom is -0.0530 e. The van der Waals surface area contributed by atoms with Crippen molar-refractivity contribution in [3.8, 4) is 0 Å². The lowest BCUT2D eigenvalue weighted by Gasteiger charge is -2.34. The van der Waals surface area contributed by atoms with Gasteiger partial charge in [-0.3, -0.25) is 0 Å². The molecule has 10 heavy (non-hydrogen) atoms. The zero-order valence-electron chi connectivity index (χ0n) is 6.60. The van der Waals surface area contributed by atoms with Gasteiger partial charge in [0.25, 0.3) is 0 Å². The molecule has 0 aromatic rings. The van der Waals surface area contributed by atoms with Crippen LogP contribution in [0.25, 0.3) is 0 Å². The Hall–Kier alpha value is 0. The molecule has 2 aliphatic carbocycles. The quantitative estimate of drug-likeness (QED) is 0.480. The van der Waals surface area contributed by atoms with Crippen LogP contribution in [-0.4, -0.2) is 0 Å².